The number of para-hydroxylation sites is 2. The molecule has 1 unspecified atom stereocenters. The van der Waals surface area contributed by atoms with E-state index in [4.69, 9.17) is 9.47 Å². The average Bonchev–Trinajstić information content (AvgIpc) is 3.33. The van der Waals surface area contributed by atoms with Gasteiger partial charge in [0.2, 0.25) is 10.0 Å². The number of anilines is 1. The Morgan fingerprint density at radius 2 is 1.68 bits per heavy atom. The number of H-pyrrole nitrogens is 1. The number of benzene rings is 4. The maximum Gasteiger partial charge on any atom is 0.232 e. The molecule has 1 aromatic heterocycles. The molecular formula is C31H33N3O5S. The predicted octanol–water partition coefficient (Wildman–Crippen LogP) is 5.00. The fourth-order valence-corrected chi connectivity index (χ4v) is 5.75. The number of aromatic amines is 1. The van der Waals surface area contributed by atoms with Gasteiger partial charge in [0.25, 0.3) is 0 Å². The van der Waals surface area contributed by atoms with Crippen molar-refractivity contribution in [1.29, 1.82) is 0 Å². The Kier molecular flexibility index (Phi) is 8.25. The lowest BCUT2D eigenvalue weighted by Crippen LogP contribution is -2.30. The van der Waals surface area contributed by atoms with Gasteiger partial charge in [-0.1, -0.05) is 60.7 Å². The molecule has 0 bridgehead atoms. The molecule has 4 aromatic carbocycles. The number of hydrogen-bond acceptors (Lipinski definition) is 6. The summed E-state index contributed by atoms with van der Waals surface area (Å²) in [4.78, 5) is 3.42. The van der Waals surface area contributed by atoms with Crippen LogP contribution >= 0.6 is 0 Å². The van der Waals surface area contributed by atoms with Gasteiger partial charge in [-0.2, -0.15) is 0 Å². The van der Waals surface area contributed by atoms with E-state index in [0.717, 1.165) is 34.0 Å². The van der Waals surface area contributed by atoms with Crippen molar-refractivity contribution in [2.45, 2.75) is 12.6 Å². The van der Waals surface area contributed by atoms with E-state index in [0.29, 0.717) is 30.2 Å². The number of hydrogen-bond donors (Lipinski definition) is 3. The summed E-state index contributed by atoms with van der Waals surface area (Å²) in [5.74, 6) is 1.08. The van der Waals surface area contributed by atoms with Gasteiger partial charge in [-0.15, -0.1) is 0 Å². The molecular weight excluding hydrogens is 526 g/mol. The van der Waals surface area contributed by atoms with Crippen molar-refractivity contribution >= 4 is 37.5 Å². The van der Waals surface area contributed by atoms with Crippen LogP contribution in [0.2, 0.25) is 0 Å². The quantitative estimate of drug-likeness (QED) is 0.186. The summed E-state index contributed by atoms with van der Waals surface area (Å²) in [6.07, 6.45) is 0.242. The lowest BCUT2D eigenvalue weighted by Gasteiger charge is -2.26. The molecule has 5 rings (SSSR count). The van der Waals surface area contributed by atoms with Crippen LogP contribution in [0.15, 0.2) is 91.0 Å². The van der Waals surface area contributed by atoms with Crippen molar-refractivity contribution in [2.24, 2.45) is 0 Å². The first-order chi connectivity index (χ1) is 19.3. The fourth-order valence-electron chi connectivity index (χ4n) is 4.87. The molecule has 0 saturated heterocycles. The first kappa shape index (κ1) is 27.5. The smallest absolute Gasteiger partial charge is 0.232 e. The van der Waals surface area contributed by atoms with Crippen LogP contribution in [0.1, 0.15) is 17.2 Å². The number of nitrogens with one attached hydrogen (secondary N) is 2. The van der Waals surface area contributed by atoms with Crippen LogP contribution in [0.25, 0.3) is 21.8 Å². The second-order valence-electron chi connectivity index (χ2n) is 9.60. The van der Waals surface area contributed by atoms with Gasteiger partial charge in [0.15, 0.2) is 0 Å². The first-order valence-corrected chi connectivity index (χ1v) is 14.9. The number of ether oxygens (including phenoxy) is 2. The van der Waals surface area contributed by atoms with Crippen molar-refractivity contribution in [3.05, 3.63) is 102 Å². The molecule has 3 N–H and O–H groups in total. The van der Waals surface area contributed by atoms with Gasteiger partial charge in [0.1, 0.15) is 18.1 Å². The van der Waals surface area contributed by atoms with Gasteiger partial charge in [-0.3, -0.25) is 4.31 Å². The second-order valence-corrected chi connectivity index (χ2v) is 11.5. The number of methoxy groups -OCH3 is 1. The van der Waals surface area contributed by atoms with Crippen LogP contribution in [0.5, 0.6) is 11.5 Å². The maximum absolute atomic E-state index is 12.7. The van der Waals surface area contributed by atoms with Crippen molar-refractivity contribution < 1.29 is 23.0 Å². The molecule has 0 aliphatic carbocycles. The van der Waals surface area contributed by atoms with E-state index >= 15 is 0 Å². The van der Waals surface area contributed by atoms with Gasteiger partial charge in [0.05, 0.1) is 37.2 Å². The summed E-state index contributed by atoms with van der Waals surface area (Å²) in [7, 11) is -2.15. The number of sulfonamides is 1. The Labute approximate surface area is 234 Å². The zero-order chi connectivity index (χ0) is 28.1. The largest absolute Gasteiger partial charge is 0.494 e. The van der Waals surface area contributed by atoms with Gasteiger partial charge < -0.3 is 24.9 Å². The Morgan fingerprint density at radius 1 is 0.925 bits per heavy atom. The molecule has 0 spiro atoms. The Hall–Kier alpha value is -4.05. The van der Waals surface area contributed by atoms with Crippen LogP contribution in [0, 0.1) is 0 Å². The normalized spacial score (nSPS) is 12.5. The predicted molar refractivity (Wildman–Crippen MR) is 160 cm³/mol. The van der Waals surface area contributed by atoms with E-state index in [1.54, 1.807) is 18.2 Å². The average molecular weight is 560 g/mol. The summed E-state index contributed by atoms with van der Waals surface area (Å²) in [6, 6.07) is 28.7. The summed E-state index contributed by atoms with van der Waals surface area (Å²) in [5.41, 5.74) is 3.82. The van der Waals surface area contributed by atoms with E-state index in [1.165, 1.54) is 16.8 Å². The van der Waals surface area contributed by atoms with E-state index in [9.17, 15) is 13.5 Å². The molecule has 0 aliphatic rings. The molecule has 1 atom stereocenters. The van der Waals surface area contributed by atoms with Crippen LogP contribution in [0.3, 0.4) is 0 Å². The van der Waals surface area contributed by atoms with Crippen LogP contribution < -0.4 is 19.1 Å². The molecule has 1 heterocycles. The van der Waals surface area contributed by atoms with E-state index < -0.39 is 16.1 Å². The van der Waals surface area contributed by atoms with E-state index in [1.807, 2.05) is 54.6 Å². The topological polar surface area (TPSA) is 104 Å². The Bertz CT molecular complexity index is 1700. The minimum Gasteiger partial charge on any atom is -0.494 e. The third-order valence-electron chi connectivity index (χ3n) is 6.79. The third kappa shape index (κ3) is 6.07. The van der Waals surface area contributed by atoms with Crippen molar-refractivity contribution in [3.8, 4) is 11.5 Å². The van der Waals surface area contributed by atoms with Crippen LogP contribution in [0.4, 0.5) is 5.69 Å². The summed E-state index contributed by atoms with van der Waals surface area (Å²) < 4.78 is 38.3. The standard InChI is InChI=1S/C31H33N3O5S/c1-38-31-26(12-8-14-29(31)34(40(2,36)37)21-22-9-4-3-5-10-22)30(35)20-32-17-18-39-23-15-16-25-24-11-6-7-13-27(24)33-28(25)19-23/h3-16,19,30,32-33,35H,17-18,20-21H2,1-2H3. The molecule has 0 saturated carbocycles. The molecule has 0 amide bonds. The number of fused-ring (bicyclic) bond motifs is 3. The number of aliphatic hydroxyl groups excluding tert-OH is 1. The molecule has 0 aliphatic heterocycles. The highest BCUT2D eigenvalue weighted by Gasteiger charge is 2.25. The monoisotopic (exact) mass is 559 g/mol. The van der Waals surface area contributed by atoms with Crippen molar-refractivity contribution in [1.82, 2.24) is 10.3 Å². The fraction of sp³-hybridized carbons (Fsp3) is 0.226. The second kappa shape index (κ2) is 12.0. The highest BCUT2D eigenvalue weighted by molar-refractivity contribution is 7.92. The van der Waals surface area contributed by atoms with Gasteiger partial charge in [0, 0.05) is 41.0 Å². The summed E-state index contributed by atoms with van der Waals surface area (Å²) >= 11 is 0. The number of aromatic nitrogens is 1. The van der Waals surface area contributed by atoms with Crippen molar-refractivity contribution in [2.75, 3.05) is 37.4 Å². The highest BCUT2D eigenvalue weighted by Crippen LogP contribution is 2.37. The molecule has 208 valence electrons. The lowest BCUT2D eigenvalue weighted by molar-refractivity contribution is 0.168. The molecule has 5 aromatic rings. The molecule has 9 heteroatoms. The molecule has 0 radical (unpaired) electrons. The van der Waals surface area contributed by atoms with Gasteiger partial charge in [-0.05, 0) is 29.8 Å². The SMILES string of the molecule is COc1c(C(O)CNCCOc2ccc3c(c2)[nH]c2ccccc23)cccc1N(Cc1ccccc1)S(C)(=O)=O. The number of nitrogens with zero attached hydrogens (tertiary/aromatic N) is 1. The summed E-state index contributed by atoms with van der Waals surface area (Å²) in [6.45, 7) is 1.30. The summed E-state index contributed by atoms with van der Waals surface area (Å²) in [5, 5.41) is 16.5. The lowest BCUT2D eigenvalue weighted by atomic mass is 10.1. The maximum atomic E-state index is 12.7. The Morgan fingerprint density at radius 3 is 2.45 bits per heavy atom. The van der Waals surface area contributed by atoms with E-state index in [2.05, 4.69) is 28.5 Å². The Balaban J connectivity index is 1.22. The minimum absolute atomic E-state index is 0.148. The van der Waals surface area contributed by atoms with Crippen LogP contribution in [-0.4, -0.2) is 51.6 Å². The number of aliphatic hydroxyl groups is 1. The first-order valence-electron chi connectivity index (χ1n) is 13.1. The zero-order valence-electron chi connectivity index (χ0n) is 22.5. The van der Waals surface area contributed by atoms with E-state index in [-0.39, 0.29) is 13.1 Å². The molecule has 0 fully saturated rings. The van der Waals surface area contributed by atoms with Crippen LogP contribution in [-0.2, 0) is 16.6 Å². The minimum atomic E-state index is -3.63. The van der Waals surface area contributed by atoms with Crippen molar-refractivity contribution in [3.63, 3.8) is 0 Å². The zero-order valence-corrected chi connectivity index (χ0v) is 23.3. The third-order valence-corrected chi connectivity index (χ3v) is 7.92. The molecule has 40 heavy (non-hydrogen) atoms. The highest BCUT2D eigenvalue weighted by atomic mass is 32.2. The van der Waals surface area contributed by atoms with Gasteiger partial charge in [-0.25, -0.2) is 8.42 Å². The van der Waals surface area contributed by atoms with Gasteiger partial charge >= 0.3 is 0 Å². The molecule has 8 nitrogen and oxygen atoms in total. The number of rotatable bonds is 12.